The summed E-state index contributed by atoms with van der Waals surface area (Å²) in [6, 6.07) is 8.02. The molecule has 0 atom stereocenters. The highest BCUT2D eigenvalue weighted by Gasteiger charge is 2.44. The van der Waals surface area contributed by atoms with Crippen LogP contribution in [-0.2, 0) is 11.3 Å². The molecule has 204 valence electrons. The van der Waals surface area contributed by atoms with Gasteiger partial charge in [-0.2, -0.15) is 4.68 Å². The summed E-state index contributed by atoms with van der Waals surface area (Å²) < 4.78 is 7.52. The van der Waals surface area contributed by atoms with Gasteiger partial charge in [-0.25, -0.2) is 4.79 Å². The molecule has 0 aliphatic carbocycles. The van der Waals surface area contributed by atoms with Crippen LogP contribution in [-0.4, -0.2) is 81.3 Å². The van der Waals surface area contributed by atoms with Crippen molar-refractivity contribution in [2.24, 2.45) is 0 Å². The monoisotopic (exact) mass is 520 g/mol. The molecular formula is C29H40N6O3. The molecule has 0 radical (unpaired) electrons. The normalized spacial score (nSPS) is 19.2. The average molecular weight is 521 g/mol. The maximum atomic E-state index is 13.1. The van der Waals surface area contributed by atoms with Gasteiger partial charge in [0.1, 0.15) is 5.75 Å². The van der Waals surface area contributed by atoms with Crippen molar-refractivity contribution in [3.8, 4) is 5.75 Å². The zero-order valence-corrected chi connectivity index (χ0v) is 22.7. The number of nitrogens with zero attached hydrogens (tertiary/aromatic N) is 5. The summed E-state index contributed by atoms with van der Waals surface area (Å²) in [5, 5.41) is 7.41. The maximum absolute atomic E-state index is 13.1. The predicted molar refractivity (Wildman–Crippen MR) is 147 cm³/mol. The number of amides is 2. The van der Waals surface area contributed by atoms with E-state index in [1.807, 2.05) is 16.7 Å². The summed E-state index contributed by atoms with van der Waals surface area (Å²) in [5.74, 6) is 1.51. The van der Waals surface area contributed by atoms with E-state index in [2.05, 4.69) is 47.0 Å². The first-order chi connectivity index (χ1) is 18.3. The Balaban J connectivity index is 1.21. The molecule has 3 aliphatic rings. The number of allylic oxidation sites excluding steroid dienone is 1. The highest BCUT2D eigenvalue weighted by atomic mass is 16.5. The summed E-state index contributed by atoms with van der Waals surface area (Å²) >= 11 is 0. The van der Waals surface area contributed by atoms with Crippen LogP contribution in [0.4, 0.5) is 10.6 Å². The van der Waals surface area contributed by atoms with Gasteiger partial charge in [0.25, 0.3) is 5.91 Å². The van der Waals surface area contributed by atoms with Crippen LogP contribution in [0.15, 0.2) is 42.7 Å². The second-order valence-electron chi connectivity index (χ2n) is 11.1. The Hall–Kier alpha value is -3.33. The molecule has 38 heavy (non-hydrogen) atoms. The van der Waals surface area contributed by atoms with Crippen LogP contribution in [0.25, 0.3) is 0 Å². The van der Waals surface area contributed by atoms with Crippen LogP contribution < -0.4 is 10.1 Å². The fourth-order valence-corrected chi connectivity index (χ4v) is 6.11. The fourth-order valence-electron chi connectivity index (χ4n) is 6.11. The van der Waals surface area contributed by atoms with Gasteiger partial charge in [-0.1, -0.05) is 18.7 Å². The van der Waals surface area contributed by atoms with E-state index in [0.29, 0.717) is 18.9 Å². The Morgan fingerprint density at radius 2 is 1.79 bits per heavy atom. The predicted octanol–water partition coefficient (Wildman–Crippen LogP) is 4.24. The number of benzene rings is 1. The van der Waals surface area contributed by atoms with E-state index in [1.165, 1.54) is 4.68 Å². The molecular weight excluding hydrogens is 480 g/mol. The van der Waals surface area contributed by atoms with E-state index in [0.717, 1.165) is 87.3 Å². The molecule has 5 rings (SSSR count). The van der Waals surface area contributed by atoms with Crippen molar-refractivity contribution in [3.63, 3.8) is 0 Å². The Labute approximate surface area is 225 Å². The quantitative estimate of drug-likeness (QED) is 0.588. The molecule has 0 unspecified atom stereocenters. The van der Waals surface area contributed by atoms with Crippen molar-refractivity contribution in [3.05, 3.63) is 53.9 Å². The molecule has 1 aromatic heterocycles. The van der Waals surface area contributed by atoms with Gasteiger partial charge >= 0.3 is 6.03 Å². The summed E-state index contributed by atoms with van der Waals surface area (Å²) in [7, 11) is 0. The van der Waals surface area contributed by atoms with Crippen molar-refractivity contribution in [2.75, 3.05) is 44.6 Å². The lowest BCUT2D eigenvalue weighted by atomic mass is 9.84. The number of rotatable bonds is 7. The van der Waals surface area contributed by atoms with E-state index in [4.69, 9.17) is 4.74 Å². The lowest BCUT2D eigenvalue weighted by molar-refractivity contribution is -0.132. The Bertz CT molecular complexity index is 1180. The molecule has 3 fully saturated rings. The Kier molecular flexibility index (Phi) is 7.74. The third-order valence-corrected chi connectivity index (χ3v) is 8.23. The molecule has 4 heterocycles. The van der Waals surface area contributed by atoms with Gasteiger partial charge in [0.15, 0.2) is 12.4 Å². The second kappa shape index (κ2) is 11.2. The summed E-state index contributed by atoms with van der Waals surface area (Å²) in [5.41, 5.74) is 3.12. The number of piperidine rings is 1. The van der Waals surface area contributed by atoms with Gasteiger partial charge in [-0.15, -0.1) is 5.10 Å². The number of likely N-dealkylation sites (tertiary alicyclic amines) is 3. The van der Waals surface area contributed by atoms with Gasteiger partial charge in [-0.05, 0) is 70.5 Å². The molecule has 1 spiro atoms. The third-order valence-electron chi connectivity index (χ3n) is 8.23. The van der Waals surface area contributed by atoms with Crippen molar-refractivity contribution < 1.29 is 14.3 Å². The lowest BCUT2D eigenvalue weighted by Gasteiger charge is -2.45. The molecule has 3 saturated heterocycles. The van der Waals surface area contributed by atoms with Crippen molar-refractivity contribution in [2.45, 2.75) is 64.5 Å². The molecule has 0 saturated carbocycles. The standard InChI is InChI=1S/C29H40N6O3/c1-22(2)30-26-9-16-35(31-26)28(37)33-17-11-29(12-18-33)10-6-15-34(29)20-24-8-7-23(3)19-25(24)38-21-27(36)32-13-4-5-14-32/h7-9,16,19H,1,4-6,10-15,17-18,20-21H2,2-3H3,(H,30,31). The summed E-state index contributed by atoms with van der Waals surface area (Å²) in [4.78, 5) is 32.1. The molecule has 3 aliphatic heterocycles. The smallest absolute Gasteiger partial charge is 0.344 e. The van der Waals surface area contributed by atoms with E-state index in [-0.39, 0.29) is 24.1 Å². The van der Waals surface area contributed by atoms with Gasteiger partial charge in [0, 0.05) is 61.8 Å². The van der Waals surface area contributed by atoms with E-state index < -0.39 is 0 Å². The van der Waals surface area contributed by atoms with Gasteiger partial charge in [0.05, 0.1) is 0 Å². The Morgan fingerprint density at radius 3 is 2.53 bits per heavy atom. The highest BCUT2D eigenvalue weighted by Crippen LogP contribution is 2.40. The lowest BCUT2D eigenvalue weighted by Crippen LogP contribution is -2.53. The topological polar surface area (TPSA) is 82.9 Å². The molecule has 9 heteroatoms. The first-order valence-corrected chi connectivity index (χ1v) is 13.9. The van der Waals surface area contributed by atoms with Crippen molar-refractivity contribution >= 4 is 17.8 Å². The van der Waals surface area contributed by atoms with Gasteiger partial charge in [-0.3, -0.25) is 9.69 Å². The number of ether oxygens (including phenoxy) is 1. The SMILES string of the molecule is C=C(C)Nc1ccn(C(=O)N2CCC3(CCCN3Cc3ccc(C)cc3OCC(=O)N3CCCC3)CC2)n1. The number of carbonyl (C=O) groups excluding carboxylic acids is 2. The summed E-state index contributed by atoms with van der Waals surface area (Å²) in [6.07, 6.45) is 8.02. The maximum Gasteiger partial charge on any atom is 0.344 e. The summed E-state index contributed by atoms with van der Waals surface area (Å²) in [6.45, 7) is 12.8. The third kappa shape index (κ3) is 5.72. The van der Waals surface area contributed by atoms with Crippen molar-refractivity contribution in [1.29, 1.82) is 0 Å². The Morgan fingerprint density at radius 1 is 1.03 bits per heavy atom. The first-order valence-electron chi connectivity index (χ1n) is 13.9. The van der Waals surface area contributed by atoms with Crippen LogP contribution in [0.3, 0.4) is 0 Å². The van der Waals surface area contributed by atoms with Crippen LogP contribution in [0.2, 0.25) is 0 Å². The zero-order valence-electron chi connectivity index (χ0n) is 22.7. The van der Waals surface area contributed by atoms with Crippen LogP contribution in [0.1, 0.15) is 56.6 Å². The highest BCUT2D eigenvalue weighted by molar-refractivity contribution is 5.78. The minimum Gasteiger partial charge on any atom is -0.483 e. The minimum absolute atomic E-state index is 0.0735. The molecule has 2 aromatic rings. The van der Waals surface area contributed by atoms with Crippen LogP contribution in [0, 0.1) is 6.92 Å². The van der Waals surface area contributed by atoms with Crippen molar-refractivity contribution in [1.82, 2.24) is 24.5 Å². The van der Waals surface area contributed by atoms with Crippen LogP contribution in [0.5, 0.6) is 5.75 Å². The zero-order chi connectivity index (χ0) is 26.7. The van der Waals surface area contributed by atoms with E-state index in [1.54, 1.807) is 12.3 Å². The second-order valence-corrected chi connectivity index (χ2v) is 11.1. The van der Waals surface area contributed by atoms with E-state index >= 15 is 0 Å². The molecule has 1 aromatic carbocycles. The fraction of sp³-hybridized carbons (Fsp3) is 0.552. The number of nitrogens with one attached hydrogen (secondary N) is 1. The van der Waals surface area contributed by atoms with E-state index in [9.17, 15) is 9.59 Å². The number of hydrogen-bond acceptors (Lipinski definition) is 6. The molecule has 0 bridgehead atoms. The van der Waals surface area contributed by atoms with Gasteiger partial charge in [0.2, 0.25) is 0 Å². The number of anilines is 1. The molecule has 9 nitrogen and oxygen atoms in total. The number of carbonyl (C=O) groups is 2. The first kappa shape index (κ1) is 26.3. The average Bonchev–Trinajstić information content (AvgIpc) is 3.66. The van der Waals surface area contributed by atoms with Crippen LogP contribution >= 0.6 is 0 Å². The largest absolute Gasteiger partial charge is 0.483 e. The number of aryl methyl sites for hydroxylation is 1. The molecule has 1 N–H and O–H groups in total. The molecule has 2 amide bonds. The van der Waals surface area contributed by atoms with Gasteiger partial charge < -0.3 is 19.9 Å². The number of aromatic nitrogens is 2. The number of hydrogen-bond donors (Lipinski definition) is 1. The minimum atomic E-state index is -0.0870.